The summed E-state index contributed by atoms with van der Waals surface area (Å²) < 4.78 is 34.4. The lowest BCUT2D eigenvalue weighted by atomic mass is 10.2. The molecule has 1 aromatic carbocycles. The number of thiophene rings is 1. The molecule has 2 N–H and O–H groups in total. The van der Waals surface area contributed by atoms with Crippen LogP contribution in [0.25, 0.3) is 0 Å². The van der Waals surface area contributed by atoms with E-state index in [1.54, 1.807) is 30.5 Å². The lowest BCUT2D eigenvalue weighted by Gasteiger charge is -2.09. The highest BCUT2D eigenvalue weighted by Gasteiger charge is 2.18. The zero-order chi connectivity index (χ0) is 15.5. The second kappa shape index (κ2) is 6.15. The molecular formula is C13H13NO5S2. The zero-order valence-electron chi connectivity index (χ0n) is 11.1. The first-order chi connectivity index (χ1) is 9.87. The molecule has 0 radical (unpaired) electrons. The average Bonchev–Trinajstić information content (AvgIpc) is 2.89. The van der Waals surface area contributed by atoms with Gasteiger partial charge in [0.15, 0.2) is 10.8 Å². The summed E-state index contributed by atoms with van der Waals surface area (Å²) in [5.74, 6) is -0.196. The maximum atomic E-state index is 12.0. The Bertz CT molecular complexity index is 738. The van der Waals surface area contributed by atoms with Crippen molar-refractivity contribution in [2.75, 3.05) is 6.61 Å². The molecule has 0 aliphatic rings. The van der Waals surface area contributed by atoms with Crippen LogP contribution in [0.4, 0.5) is 0 Å². The van der Waals surface area contributed by atoms with Crippen molar-refractivity contribution >= 4 is 27.4 Å². The normalized spacial score (nSPS) is 11.1. The summed E-state index contributed by atoms with van der Waals surface area (Å²) in [6.07, 6.45) is 0. The molecule has 1 aromatic heterocycles. The monoisotopic (exact) mass is 327 g/mol. The molecule has 0 saturated heterocycles. The van der Waals surface area contributed by atoms with E-state index in [2.05, 4.69) is 0 Å². The smallest absolute Gasteiger partial charge is 0.348 e. The Morgan fingerprint density at radius 2 is 2.00 bits per heavy atom. The summed E-state index contributed by atoms with van der Waals surface area (Å²) in [6, 6.07) is 7.68. The van der Waals surface area contributed by atoms with Gasteiger partial charge in [0, 0.05) is 6.07 Å². The summed E-state index contributed by atoms with van der Waals surface area (Å²) in [5.41, 5.74) is 5.72. The summed E-state index contributed by atoms with van der Waals surface area (Å²) in [5, 5.41) is 1.65. The van der Waals surface area contributed by atoms with Crippen molar-refractivity contribution in [3.8, 4) is 11.5 Å². The van der Waals surface area contributed by atoms with E-state index < -0.39 is 16.0 Å². The number of primary amides is 1. The number of carbonyl (C=O) groups is 1. The van der Waals surface area contributed by atoms with E-state index in [0.29, 0.717) is 5.75 Å². The Labute approximate surface area is 126 Å². The fourth-order valence-corrected chi connectivity index (χ4v) is 3.44. The molecule has 0 aliphatic carbocycles. The minimum absolute atomic E-state index is 0.114. The van der Waals surface area contributed by atoms with Crippen molar-refractivity contribution in [3.05, 3.63) is 41.3 Å². The van der Waals surface area contributed by atoms with Crippen molar-refractivity contribution in [2.24, 2.45) is 5.73 Å². The first-order valence-electron chi connectivity index (χ1n) is 5.87. The van der Waals surface area contributed by atoms with Crippen LogP contribution < -0.4 is 14.7 Å². The van der Waals surface area contributed by atoms with Gasteiger partial charge in [-0.05, 0) is 36.1 Å². The second-order valence-corrected chi connectivity index (χ2v) is 6.93. The summed E-state index contributed by atoms with van der Waals surface area (Å²) in [7, 11) is -3.86. The summed E-state index contributed by atoms with van der Waals surface area (Å²) >= 11 is 1.07. The number of amides is 1. The van der Waals surface area contributed by atoms with Crippen molar-refractivity contribution in [3.63, 3.8) is 0 Å². The molecule has 2 rings (SSSR count). The third-order valence-electron chi connectivity index (χ3n) is 2.35. The molecule has 21 heavy (non-hydrogen) atoms. The topological polar surface area (TPSA) is 95.7 Å². The van der Waals surface area contributed by atoms with E-state index >= 15 is 0 Å². The molecule has 0 bridgehead atoms. The molecule has 1 amide bonds. The molecule has 0 fully saturated rings. The molecule has 0 spiro atoms. The van der Waals surface area contributed by atoms with Crippen LogP contribution in [0.3, 0.4) is 0 Å². The van der Waals surface area contributed by atoms with Gasteiger partial charge in [-0.25, -0.2) is 0 Å². The van der Waals surface area contributed by atoms with E-state index in [4.69, 9.17) is 14.7 Å². The fraction of sp³-hybridized carbons (Fsp3) is 0.154. The largest absolute Gasteiger partial charge is 0.484 e. The van der Waals surface area contributed by atoms with Gasteiger partial charge in [-0.3, -0.25) is 4.79 Å². The highest BCUT2D eigenvalue weighted by Crippen LogP contribution is 2.27. The van der Waals surface area contributed by atoms with E-state index in [-0.39, 0.29) is 16.6 Å². The van der Waals surface area contributed by atoms with E-state index in [1.807, 2.05) is 0 Å². The molecule has 112 valence electrons. The van der Waals surface area contributed by atoms with Gasteiger partial charge in [0.2, 0.25) is 0 Å². The number of benzene rings is 1. The Kier molecular flexibility index (Phi) is 4.49. The predicted octanol–water partition coefficient (Wildman–Crippen LogP) is 1.69. The third-order valence-corrected chi connectivity index (χ3v) is 4.96. The number of hydrogen-bond acceptors (Lipinski definition) is 6. The van der Waals surface area contributed by atoms with Crippen LogP contribution in [0, 0.1) is 6.92 Å². The van der Waals surface area contributed by atoms with Gasteiger partial charge in [0.1, 0.15) is 11.5 Å². The molecule has 0 unspecified atom stereocenters. The molecule has 0 saturated carbocycles. The van der Waals surface area contributed by atoms with Gasteiger partial charge in [-0.15, -0.1) is 11.3 Å². The number of carbonyl (C=O) groups excluding carboxylic acids is 1. The highest BCUT2D eigenvalue weighted by atomic mass is 32.3. The molecule has 1 heterocycles. The fourth-order valence-electron chi connectivity index (χ4n) is 1.57. The maximum Gasteiger partial charge on any atom is 0.348 e. The van der Waals surface area contributed by atoms with Gasteiger partial charge < -0.3 is 14.7 Å². The van der Waals surface area contributed by atoms with Crippen molar-refractivity contribution in [1.29, 1.82) is 0 Å². The standard InChI is InChI=1S/C13H13NO5S2/c1-9-5-10(18-8-12(14)15)7-11(6-9)19-21(16,17)13-3-2-4-20-13/h2-7H,8H2,1H3,(H2,14,15). The van der Waals surface area contributed by atoms with Gasteiger partial charge in [0.05, 0.1) is 0 Å². The predicted molar refractivity (Wildman–Crippen MR) is 78.0 cm³/mol. The molecular weight excluding hydrogens is 314 g/mol. The van der Waals surface area contributed by atoms with Crippen LogP contribution in [-0.2, 0) is 14.9 Å². The lowest BCUT2D eigenvalue weighted by molar-refractivity contribution is -0.119. The number of hydrogen-bond donors (Lipinski definition) is 1. The Balaban J connectivity index is 2.22. The summed E-state index contributed by atoms with van der Waals surface area (Å²) in [6.45, 7) is 1.46. The minimum atomic E-state index is -3.86. The van der Waals surface area contributed by atoms with E-state index in [1.165, 1.54) is 12.1 Å². The Morgan fingerprint density at radius 3 is 2.62 bits per heavy atom. The number of aryl methyl sites for hydroxylation is 1. The van der Waals surface area contributed by atoms with Crippen molar-refractivity contribution in [2.45, 2.75) is 11.1 Å². The number of ether oxygens (including phenoxy) is 1. The van der Waals surface area contributed by atoms with Crippen LogP contribution in [0.2, 0.25) is 0 Å². The third kappa shape index (κ3) is 4.20. The SMILES string of the molecule is Cc1cc(OCC(N)=O)cc(OS(=O)(=O)c2cccs2)c1. The second-order valence-electron chi connectivity index (χ2n) is 4.21. The summed E-state index contributed by atoms with van der Waals surface area (Å²) in [4.78, 5) is 10.7. The van der Waals surface area contributed by atoms with Gasteiger partial charge in [-0.2, -0.15) is 8.42 Å². The van der Waals surface area contributed by atoms with Crippen LogP contribution >= 0.6 is 11.3 Å². The van der Waals surface area contributed by atoms with Crippen LogP contribution in [0.15, 0.2) is 39.9 Å². The number of rotatable bonds is 6. The Morgan fingerprint density at radius 1 is 1.29 bits per heavy atom. The Hall–Kier alpha value is -2.06. The lowest BCUT2D eigenvalue weighted by Crippen LogP contribution is -2.20. The van der Waals surface area contributed by atoms with Gasteiger partial charge in [0.25, 0.3) is 5.91 Å². The molecule has 0 atom stereocenters. The molecule has 6 nitrogen and oxygen atoms in total. The van der Waals surface area contributed by atoms with E-state index in [0.717, 1.165) is 16.9 Å². The molecule has 0 aliphatic heterocycles. The maximum absolute atomic E-state index is 12.0. The van der Waals surface area contributed by atoms with Crippen LogP contribution in [0.1, 0.15) is 5.56 Å². The molecule has 2 aromatic rings. The minimum Gasteiger partial charge on any atom is -0.484 e. The van der Waals surface area contributed by atoms with Crippen LogP contribution in [-0.4, -0.2) is 20.9 Å². The van der Waals surface area contributed by atoms with Crippen LogP contribution in [0.5, 0.6) is 11.5 Å². The van der Waals surface area contributed by atoms with Gasteiger partial charge >= 0.3 is 10.1 Å². The zero-order valence-corrected chi connectivity index (χ0v) is 12.7. The van der Waals surface area contributed by atoms with E-state index in [9.17, 15) is 13.2 Å². The van der Waals surface area contributed by atoms with Crippen molar-refractivity contribution < 1.29 is 22.1 Å². The first kappa shape index (κ1) is 15.3. The van der Waals surface area contributed by atoms with Crippen molar-refractivity contribution in [1.82, 2.24) is 0 Å². The van der Waals surface area contributed by atoms with Gasteiger partial charge in [-0.1, -0.05) is 6.07 Å². The average molecular weight is 327 g/mol. The molecule has 8 heteroatoms. The number of nitrogens with two attached hydrogens (primary N) is 1. The first-order valence-corrected chi connectivity index (χ1v) is 8.16. The highest BCUT2D eigenvalue weighted by molar-refractivity contribution is 7.89. The quantitative estimate of drug-likeness (QED) is 0.815.